The molecule has 0 spiro atoms. The molecule has 0 aromatic heterocycles. The van der Waals surface area contributed by atoms with Crippen LogP contribution >= 0.6 is 15.9 Å². The predicted molar refractivity (Wildman–Crippen MR) is 87.9 cm³/mol. The Bertz CT molecular complexity index is 394. The number of benzene rings is 1. The van der Waals surface area contributed by atoms with Gasteiger partial charge in [0.1, 0.15) is 6.29 Å². The Morgan fingerprint density at radius 2 is 1.80 bits per heavy atom. The van der Waals surface area contributed by atoms with Crippen LogP contribution in [0, 0.1) is 0 Å². The molecule has 0 heterocycles. The Morgan fingerprint density at radius 1 is 1.10 bits per heavy atom. The molecule has 0 saturated heterocycles. The summed E-state index contributed by atoms with van der Waals surface area (Å²) in [6, 6.07) is 8.37. The minimum atomic E-state index is 0.603. The fraction of sp³-hybridized carbons (Fsp3) is 0.562. The van der Waals surface area contributed by atoms with Crippen molar-refractivity contribution in [1.29, 1.82) is 0 Å². The molecule has 0 radical (unpaired) electrons. The van der Waals surface area contributed by atoms with Crippen LogP contribution in [0.4, 0.5) is 0 Å². The smallest absolute Gasteiger partial charge is 0.121 e. The fourth-order valence-electron chi connectivity index (χ4n) is 2.22. The van der Waals surface area contributed by atoms with Crippen molar-refractivity contribution < 1.29 is 4.79 Å². The Morgan fingerprint density at radius 3 is 2.40 bits per heavy atom. The number of halogens is 1. The van der Waals surface area contributed by atoms with Gasteiger partial charge in [-0.25, -0.2) is 0 Å². The maximum atomic E-state index is 10.6. The Balaban J connectivity index is 2.56. The van der Waals surface area contributed by atoms with E-state index in [-0.39, 0.29) is 0 Å². The first-order valence-corrected chi connectivity index (χ1v) is 8.11. The Hall–Kier alpha value is -0.710. The summed E-state index contributed by atoms with van der Waals surface area (Å²) in [5, 5.41) is 0. The molecule has 0 atom stereocenters. The van der Waals surface area contributed by atoms with Gasteiger partial charge in [-0.1, -0.05) is 41.9 Å². The summed E-state index contributed by atoms with van der Waals surface area (Å²) in [7, 11) is 0. The molecule has 1 aromatic rings. The second kappa shape index (κ2) is 10.1. The number of carbonyl (C=O) groups is 1. The number of aldehydes is 1. The molecule has 0 aliphatic carbocycles. The second-order valence-electron chi connectivity index (χ2n) is 4.89. The molecule has 112 valence electrons. The Kier molecular flexibility index (Phi) is 8.74. The molecule has 0 bridgehead atoms. The fourth-order valence-corrected chi connectivity index (χ4v) is 2.67. The monoisotopic (exact) mass is 340 g/mol. The van der Waals surface area contributed by atoms with Gasteiger partial charge >= 0.3 is 0 Å². The van der Waals surface area contributed by atoms with Crippen LogP contribution in [-0.4, -0.2) is 48.8 Å². The average molecular weight is 341 g/mol. The predicted octanol–water partition coefficient (Wildman–Crippen LogP) is 3.18. The lowest BCUT2D eigenvalue weighted by Crippen LogP contribution is -2.35. The highest BCUT2D eigenvalue weighted by Crippen LogP contribution is 2.13. The van der Waals surface area contributed by atoms with Crippen molar-refractivity contribution in [2.45, 2.75) is 26.8 Å². The van der Waals surface area contributed by atoms with Crippen molar-refractivity contribution >= 4 is 22.2 Å². The Labute approximate surface area is 131 Å². The highest BCUT2D eigenvalue weighted by molar-refractivity contribution is 9.10. The van der Waals surface area contributed by atoms with Gasteiger partial charge in [-0.3, -0.25) is 4.90 Å². The van der Waals surface area contributed by atoms with Gasteiger partial charge in [-0.05, 0) is 30.8 Å². The van der Waals surface area contributed by atoms with E-state index in [2.05, 4.69) is 57.8 Å². The van der Waals surface area contributed by atoms with E-state index in [1.54, 1.807) is 0 Å². The third kappa shape index (κ3) is 6.64. The van der Waals surface area contributed by atoms with E-state index in [1.165, 1.54) is 5.56 Å². The van der Waals surface area contributed by atoms with E-state index < -0.39 is 0 Å². The molecular formula is C16H25BrN2O. The molecule has 0 aliphatic rings. The van der Waals surface area contributed by atoms with Crippen LogP contribution in [0.5, 0.6) is 0 Å². The number of nitrogens with zero attached hydrogens (tertiary/aromatic N) is 2. The lowest BCUT2D eigenvalue weighted by atomic mass is 10.2. The number of carbonyl (C=O) groups excluding carboxylic acids is 1. The highest BCUT2D eigenvalue weighted by Gasteiger charge is 2.08. The zero-order valence-corrected chi connectivity index (χ0v) is 14.1. The third-order valence-electron chi connectivity index (χ3n) is 3.49. The first-order chi connectivity index (χ1) is 9.69. The molecule has 0 saturated carbocycles. The van der Waals surface area contributed by atoms with E-state index in [0.29, 0.717) is 6.42 Å². The SMILES string of the molecule is CCN(CC)CCN(CCC=O)Cc1cccc(Br)c1. The minimum Gasteiger partial charge on any atom is -0.303 e. The molecule has 0 fully saturated rings. The van der Waals surface area contributed by atoms with Gasteiger partial charge in [0, 0.05) is 37.1 Å². The van der Waals surface area contributed by atoms with Crippen LogP contribution < -0.4 is 0 Å². The van der Waals surface area contributed by atoms with Crippen molar-refractivity contribution in [3.05, 3.63) is 34.3 Å². The molecule has 1 aromatic carbocycles. The number of hydrogen-bond donors (Lipinski definition) is 0. The summed E-state index contributed by atoms with van der Waals surface area (Å²) in [5.41, 5.74) is 1.28. The number of rotatable bonds is 10. The average Bonchev–Trinajstić information content (AvgIpc) is 2.45. The molecule has 0 unspecified atom stereocenters. The molecule has 20 heavy (non-hydrogen) atoms. The summed E-state index contributed by atoms with van der Waals surface area (Å²) < 4.78 is 1.11. The summed E-state index contributed by atoms with van der Waals surface area (Å²) in [6.45, 7) is 10.3. The van der Waals surface area contributed by atoms with E-state index in [1.807, 2.05) is 6.07 Å². The van der Waals surface area contributed by atoms with Gasteiger partial charge in [-0.15, -0.1) is 0 Å². The van der Waals surface area contributed by atoms with Crippen molar-refractivity contribution in [3.8, 4) is 0 Å². The first-order valence-electron chi connectivity index (χ1n) is 7.32. The largest absolute Gasteiger partial charge is 0.303 e. The third-order valence-corrected chi connectivity index (χ3v) is 3.98. The van der Waals surface area contributed by atoms with Crippen LogP contribution in [0.2, 0.25) is 0 Å². The van der Waals surface area contributed by atoms with Gasteiger partial charge in [0.2, 0.25) is 0 Å². The van der Waals surface area contributed by atoms with E-state index >= 15 is 0 Å². The number of likely N-dealkylation sites (N-methyl/N-ethyl adjacent to an activating group) is 1. The van der Waals surface area contributed by atoms with E-state index in [9.17, 15) is 4.79 Å². The summed E-state index contributed by atoms with van der Waals surface area (Å²) in [6.07, 6.45) is 1.61. The zero-order chi connectivity index (χ0) is 14.8. The zero-order valence-electron chi connectivity index (χ0n) is 12.5. The van der Waals surface area contributed by atoms with Gasteiger partial charge in [0.25, 0.3) is 0 Å². The lowest BCUT2D eigenvalue weighted by molar-refractivity contribution is -0.108. The van der Waals surface area contributed by atoms with Crippen molar-refractivity contribution in [1.82, 2.24) is 9.80 Å². The maximum absolute atomic E-state index is 10.6. The molecule has 0 N–H and O–H groups in total. The van der Waals surface area contributed by atoms with Crippen molar-refractivity contribution in [2.24, 2.45) is 0 Å². The van der Waals surface area contributed by atoms with Gasteiger partial charge in [0.15, 0.2) is 0 Å². The molecule has 0 aliphatic heterocycles. The molecular weight excluding hydrogens is 316 g/mol. The molecule has 4 heteroatoms. The van der Waals surface area contributed by atoms with Gasteiger partial charge in [-0.2, -0.15) is 0 Å². The van der Waals surface area contributed by atoms with E-state index in [0.717, 1.165) is 50.0 Å². The summed E-state index contributed by atoms with van der Waals surface area (Å²) >= 11 is 3.51. The topological polar surface area (TPSA) is 23.6 Å². The van der Waals surface area contributed by atoms with Crippen molar-refractivity contribution in [2.75, 3.05) is 32.7 Å². The second-order valence-corrected chi connectivity index (χ2v) is 5.80. The molecule has 1 rings (SSSR count). The van der Waals surface area contributed by atoms with Crippen LogP contribution in [-0.2, 0) is 11.3 Å². The highest BCUT2D eigenvalue weighted by atomic mass is 79.9. The maximum Gasteiger partial charge on any atom is 0.121 e. The quantitative estimate of drug-likeness (QED) is 0.611. The number of hydrogen-bond acceptors (Lipinski definition) is 3. The standard InChI is InChI=1S/C16H25BrN2O/c1-3-18(4-2)10-11-19(9-6-12-20)14-15-7-5-8-16(17)13-15/h5,7-8,12-13H,3-4,6,9-11,14H2,1-2H3. The van der Waals surface area contributed by atoms with Crippen LogP contribution in [0.25, 0.3) is 0 Å². The van der Waals surface area contributed by atoms with Gasteiger partial charge in [0.05, 0.1) is 0 Å². The summed E-state index contributed by atoms with van der Waals surface area (Å²) in [4.78, 5) is 15.4. The van der Waals surface area contributed by atoms with Crippen LogP contribution in [0.3, 0.4) is 0 Å². The first kappa shape index (κ1) is 17.3. The van der Waals surface area contributed by atoms with Crippen LogP contribution in [0.15, 0.2) is 28.7 Å². The minimum absolute atomic E-state index is 0.603. The molecule has 3 nitrogen and oxygen atoms in total. The summed E-state index contributed by atoms with van der Waals surface area (Å²) in [5.74, 6) is 0. The van der Waals surface area contributed by atoms with E-state index in [4.69, 9.17) is 0 Å². The van der Waals surface area contributed by atoms with Crippen LogP contribution in [0.1, 0.15) is 25.8 Å². The molecule has 0 amide bonds. The van der Waals surface area contributed by atoms with Gasteiger partial charge < -0.3 is 9.69 Å². The van der Waals surface area contributed by atoms with Crippen molar-refractivity contribution in [3.63, 3.8) is 0 Å². The normalized spacial score (nSPS) is 11.2. The lowest BCUT2D eigenvalue weighted by Gasteiger charge is -2.26.